The van der Waals surface area contributed by atoms with Gasteiger partial charge in [-0.1, -0.05) is 13.3 Å². The molecule has 3 nitrogen and oxygen atoms in total. The standard InChI is InChI=1S/C8H20O3Si/c1-5-7-8(10-6-2)11-12(4)9-3/h8,12H,5-7H2,1-4H3. The van der Waals surface area contributed by atoms with Gasteiger partial charge in [-0.15, -0.1) is 0 Å². The van der Waals surface area contributed by atoms with E-state index in [4.69, 9.17) is 13.6 Å². The van der Waals surface area contributed by atoms with Crippen molar-refractivity contribution in [3.8, 4) is 0 Å². The summed E-state index contributed by atoms with van der Waals surface area (Å²) in [5, 5.41) is 0. The number of rotatable bonds is 7. The van der Waals surface area contributed by atoms with Crippen molar-refractivity contribution in [1.82, 2.24) is 0 Å². The Hall–Kier alpha value is 0.0969. The molecule has 2 unspecified atom stereocenters. The molecule has 4 heteroatoms. The van der Waals surface area contributed by atoms with Crippen LogP contribution in [0.15, 0.2) is 0 Å². The third kappa shape index (κ3) is 5.71. The molecule has 0 aromatic heterocycles. The molecule has 0 aliphatic rings. The lowest BCUT2D eigenvalue weighted by Crippen LogP contribution is -2.27. The van der Waals surface area contributed by atoms with Crippen LogP contribution in [0.3, 0.4) is 0 Å². The second kappa shape index (κ2) is 7.73. The molecule has 2 atom stereocenters. The van der Waals surface area contributed by atoms with Crippen LogP contribution in [0.4, 0.5) is 0 Å². The summed E-state index contributed by atoms with van der Waals surface area (Å²) in [6.07, 6.45) is 1.98. The van der Waals surface area contributed by atoms with Crippen molar-refractivity contribution in [2.24, 2.45) is 0 Å². The smallest absolute Gasteiger partial charge is 0.319 e. The summed E-state index contributed by atoms with van der Waals surface area (Å²) in [5.74, 6) is 0. The summed E-state index contributed by atoms with van der Waals surface area (Å²) in [7, 11) is 0.259. The Morgan fingerprint density at radius 2 is 2.00 bits per heavy atom. The molecule has 0 rings (SSSR count). The normalized spacial score (nSPS) is 16.0. The lowest BCUT2D eigenvalue weighted by atomic mass is 10.3. The molecule has 0 fully saturated rings. The van der Waals surface area contributed by atoms with E-state index < -0.39 is 9.28 Å². The van der Waals surface area contributed by atoms with E-state index in [1.54, 1.807) is 7.11 Å². The molecule has 0 aromatic rings. The van der Waals surface area contributed by atoms with Crippen LogP contribution in [0.25, 0.3) is 0 Å². The molecule has 12 heavy (non-hydrogen) atoms. The third-order valence-corrected chi connectivity index (χ3v) is 2.90. The number of hydrogen-bond acceptors (Lipinski definition) is 3. The minimum absolute atomic E-state index is 0.0541. The SMILES string of the molecule is CCCC(OCC)O[SiH](C)OC. The maximum Gasteiger partial charge on any atom is 0.319 e. The second-order valence-corrected chi connectivity index (χ2v) is 4.49. The van der Waals surface area contributed by atoms with Crippen LogP contribution in [-0.2, 0) is 13.6 Å². The van der Waals surface area contributed by atoms with Crippen molar-refractivity contribution in [1.29, 1.82) is 0 Å². The second-order valence-electron chi connectivity index (χ2n) is 2.61. The Morgan fingerprint density at radius 1 is 1.33 bits per heavy atom. The summed E-state index contributed by atoms with van der Waals surface area (Å²) in [6, 6.07) is 0. The average Bonchev–Trinajstić information content (AvgIpc) is 2.05. The van der Waals surface area contributed by atoms with Gasteiger partial charge in [0.05, 0.1) is 0 Å². The molecule has 0 aliphatic heterocycles. The van der Waals surface area contributed by atoms with Gasteiger partial charge in [-0.2, -0.15) is 0 Å². The van der Waals surface area contributed by atoms with E-state index in [1.165, 1.54) is 0 Å². The van der Waals surface area contributed by atoms with Crippen LogP contribution in [0.2, 0.25) is 6.55 Å². The van der Waals surface area contributed by atoms with Gasteiger partial charge in [0.25, 0.3) is 0 Å². The summed E-state index contributed by atoms with van der Waals surface area (Å²) < 4.78 is 16.1. The summed E-state index contributed by atoms with van der Waals surface area (Å²) in [6.45, 7) is 6.80. The zero-order valence-corrected chi connectivity index (χ0v) is 9.66. The molecule has 0 aliphatic carbocycles. The monoisotopic (exact) mass is 192 g/mol. The van der Waals surface area contributed by atoms with Crippen molar-refractivity contribution in [2.75, 3.05) is 13.7 Å². The van der Waals surface area contributed by atoms with Crippen LogP contribution in [-0.4, -0.2) is 29.3 Å². The topological polar surface area (TPSA) is 27.7 Å². The van der Waals surface area contributed by atoms with Gasteiger partial charge in [-0.05, 0) is 19.9 Å². The fourth-order valence-electron chi connectivity index (χ4n) is 0.882. The van der Waals surface area contributed by atoms with Crippen LogP contribution < -0.4 is 0 Å². The molecule has 0 heterocycles. The van der Waals surface area contributed by atoms with E-state index in [9.17, 15) is 0 Å². The first-order chi connectivity index (χ1) is 5.74. The maximum atomic E-state index is 5.57. The molecule has 0 spiro atoms. The molecule has 0 aromatic carbocycles. The summed E-state index contributed by atoms with van der Waals surface area (Å²) >= 11 is 0. The van der Waals surface area contributed by atoms with Gasteiger partial charge < -0.3 is 13.6 Å². The Bertz CT molecular complexity index is 94.3. The van der Waals surface area contributed by atoms with Gasteiger partial charge in [0.1, 0.15) is 6.29 Å². The average molecular weight is 192 g/mol. The molecule has 0 radical (unpaired) electrons. The Morgan fingerprint density at radius 3 is 2.42 bits per heavy atom. The fraction of sp³-hybridized carbons (Fsp3) is 1.00. The third-order valence-electron chi connectivity index (χ3n) is 1.55. The van der Waals surface area contributed by atoms with E-state index in [1.807, 2.05) is 13.5 Å². The van der Waals surface area contributed by atoms with Gasteiger partial charge in [-0.3, -0.25) is 0 Å². The molecule has 0 amide bonds. The van der Waals surface area contributed by atoms with Crippen molar-refractivity contribution < 1.29 is 13.6 Å². The maximum absolute atomic E-state index is 5.57. The van der Waals surface area contributed by atoms with E-state index >= 15 is 0 Å². The minimum Gasteiger partial charge on any atom is -0.400 e. The molecule has 0 N–H and O–H groups in total. The van der Waals surface area contributed by atoms with Gasteiger partial charge in [0, 0.05) is 13.7 Å². The van der Waals surface area contributed by atoms with Gasteiger partial charge >= 0.3 is 9.28 Å². The Labute approximate surface area is 76.9 Å². The summed E-state index contributed by atoms with van der Waals surface area (Å²) in [5.41, 5.74) is 0. The van der Waals surface area contributed by atoms with E-state index in [0.717, 1.165) is 12.8 Å². The fourth-order valence-corrected chi connectivity index (χ4v) is 1.63. The van der Waals surface area contributed by atoms with E-state index in [0.29, 0.717) is 6.61 Å². The molecule has 0 bridgehead atoms. The zero-order valence-electron chi connectivity index (χ0n) is 8.50. The largest absolute Gasteiger partial charge is 0.400 e. The van der Waals surface area contributed by atoms with Crippen LogP contribution in [0, 0.1) is 0 Å². The van der Waals surface area contributed by atoms with E-state index in [2.05, 4.69) is 6.92 Å². The zero-order chi connectivity index (χ0) is 9.40. The first-order valence-electron chi connectivity index (χ1n) is 4.54. The quantitative estimate of drug-likeness (QED) is 0.453. The van der Waals surface area contributed by atoms with Crippen molar-refractivity contribution in [2.45, 2.75) is 39.5 Å². The van der Waals surface area contributed by atoms with Crippen molar-refractivity contribution in [3.63, 3.8) is 0 Å². The van der Waals surface area contributed by atoms with Gasteiger partial charge in [0.15, 0.2) is 0 Å². The molecule has 0 saturated heterocycles. The van der Waals surface area contributed by atoms with Crippen LogP contribution >= 0.6 is 0 Å². The molecular weight excluding hydrogens is 172 g/mol. The number of ether oxygens (including phenoxy) is 1. The van der Waals surface area contributed by atoms with Crippen LogP contribution in [0.1, 0.15) is 26.7 Å². The minimum atomic E-state index is -1.43. The highest BCUT2D eigenvalue weighted by molar-refractivity contribution is 6.42. The Kier molecular flexibility index (Phi) is 7.79. The molecular formula is C8H20O3Si. The van der Waals surface area contributed by atoms with Gasteiger partial charge in [0.2, 0.25) is 0 Å². The predicted molar refractivity (Wildman–Crippen MR) is 51.4 cm³/mol. The highest BCUT2D eigenvalue weighted by Crippen LogP contribution is 2.05. The first kappa shape index (κ1) is 12.1. The molecule has 0 saturated carbocycles. The lowest BCUT2D eigenvalue weighted by molar-refractivity contribution is -0.0912. The highest BCUT2D eigenvalue weighted by Gasteiger charge is 2.12. The number of hydrogen-bond donors (Lipinski definition) is 0. The predicted octanol–water partition coefficient (Wildman–Crippen LogP) is 1.66. The Balaban J connectivity index is 3.61. The van der Waals surface area contributed by atoms with E-state index in [-0.39, 0.29) is 6.29 Å². The van der Waals surface area contributed by atoms with Gasteiger partial charge in [-0.25, -0.2) is 0 Å². The lowest BCUT2D eigenvalue weighted by Gasteiger charge is -2.20. The van der Waals surface area contributed by atoms with Crippen LogP contribution in [0.5, 0.6) is 0 Å². The highest BCUT2D eigenvalue weighted by atomic mass is 28.3. The first-order valence-corrected chi connectivity index (χ1v) is 6.64. The van der Waals surface area contributed by atoms with Crippen molar-refractivity contribution >= 4 is 9.28 Å². The molecule has 74 valence electrons. The summed E-state index contributed by atoms with van der Waals surface area (Å²) in [4.78, 5) is 0. The van der Waals surface area contributed by atoms with Crippen molar-refractivity contribution in [3.05, 3.63) is 0 Å².